The van der Waals surface area contributed by atoms with Gasteiger partial charge in [-0.3, -0.25) is 9.69 Å². The van der Waals surface area contributed by atoms with E-state index in [1.807, 2.05) is 68.5 Å². The number of pyridine rings is 2. The molecule has 1 aliphatic heterocycles. The Bertz CT molecular complexity index is 1330. The predicted octanol–water partition coefficient (Wildman–Crippen LogP) is 4.13. The zero-order chi connectivity index (χ0) is 27.6. The van der Waals surface area contributed by atoms with Crippen molar-refractivity contribution >= 4 is 23.6 Å². The standard InChI is InChI=1S/C27H36N8O3/c1-8-13-34-17-28-31-24(34)20-11-10-12-22(29-20)35-15-19-18(25(35)36)14-23(32(6)9-2)30-21(19)16-33(7)26(37)38-27(3,4)5/h10-12,14,17H,8-9,13,15-16H2,1-7H3. The Morgan fingerprint density at radius 2 is 1.92 bits per heavy atom. The highest BCUT2D eigenvalue weighted by Crippen LogP contribution is 2.33. The number of fused-ring (bicyclic) bond motifs is 1. The molecule has 4 heterocycles. The Labute approximate surface area is 223 Å². The molecule has 0 atom stereocenters. The highest BCUT2D eigenvalue weighted by Gasteiger charge is 2.34. The fourth-order valence-electron chi connectivity index (χ4n) is 4.21. The van der Waals surface area contributed by atoms with Crippen molar-refractivity contribution in [1.29, 1.82) is 0 Å². The molecule has 3 aromatic rings. The fraction of sp³-hybridized carbons (Fsp3) is 0.481. The maximum absolute atomic E-state index is 13.7. The lowest BCUT2D eigenvalue weighted by atomic mass is 10.1. The van der Waals surface area contributed by atoms with Crippen molar-refractivity contribution < 1.29 is 14.3 Å². The monoisotopic (exact) mass is 520 g/mol. The van der Waals surface area contributed by atoms with Crippen molar-refractivity contribution in [1.82, 2.24) is 29.6 Å². The Morgan fingerprint density at radius 1 is 1.16 bits per heavy atom. The van der Waals surface area contributed by atoms with Crippen LogP contribution < -0.4 is 9.80 Å². The predicted molar refractivity (Wildman–Crippen MR) is 145 cm³/mol. The Morgan fingerprint density at radius 3 is 2.61 bits per heavy atom. The number of aromatic nitrogens is 5. The first-order valence-electron chi connectivity index (χ1n) is 12.9. The summed E-state index contributed by atoms with van der Waals surface area (Å²) in [6.45, 7) is 11.6. The van der Waals surface area contributed by atoms with E-state index in [0.717, 1.165) is 18.5 Å². The molecule has 0 aromatic carbocycles. The molecule has 38 heavy (non-hydrogen) atoms. The van der Waals surface area contributed by atoms with Crippen LogP contribution in [0.3, 0.4) is 0 Å². The fourth-order valence-corrected chi connectivity index (χ4v) is 4.21. The molecule has 0 N–H and O–H groups in total. The van der Waals surface area contributed by atoms with Gasteiger partial charge in [-0.15, -0.1) is 10.2 Å². The smallest absolute Gasteiger partial charge is 0.410 e. The number of nitrogens with zero attached hydrogens (tertiary/aromatic N) is 8. The van der Waals surface area contributed by atoms with Crippen molar-refractivity contribution in [3.05, 3.63) is 47.4 Å². The molecule has 2 amide bonds. The number of ether oxygens (including phenoxy) is 1. The third kappa shape index (κ3) is 5.61. The molecule has 3 aromatic heterocycles. The number of rotatable bonds is 8. The van der Waals surface area contributed by atoms with Crippen LogP contribution in [0.25, 0.3) is 11.5 Å². The Balaban J connectivity index is 1.68. The van der Waals surface area contributed by atoms with Gasteiger partial charge in [-0.25, -0.2) is 14.8 Å². The van der Waals surface area contributed by atoms with E-state index in [1.165, 1.54) is 4.90 Å². The van der Waals surface area contributed by atoms with Gasteiger partial charge < -0.3 is 19.1 Å². The quantitative estimate of drug-likeness (QED) is 0.436. The minimum Gasteiger partial charge on any atom is -0.444 e. The molecule has 11 heteroatoms. The summed E-state index contributed by atoms with van der Waals surface area (Å²) >= 11 is 0. The summed E-state index contributed by atoms with van der Waals surface area (Å²) in [6, 6.07) is 7.36. The molecule has 4 rings (SSSR count). The summed E-state index contributed by atoms with van der Waals surface area (Å²) in [7, 11) is 3.59. The number of anilines is 2. The molecule has 202 valence electrons. The highest BCUT2D eigenvalue weighted by molar-refractivity contribution is 6.10. The second kappa shape index (κ2) is 10.8. The summed E-state index contributed by atoms with van der Waals surface area (Å²) in [4.78, 5) is 41.1. The van der Waals surface area contributed by atoms with Crippen LogP contribution in [-0.4, -0.2) is 67.9 Å². The van der Waals surface area contributed by atoms with Crippen molar-refractivity contribution in [3.63, 3.8) is 0 Å². The number of carbonyl (C=O) groups is 2. The van der Waals surface area contributed by atoms with Crippen molar-refractivity contribution in [2.24, 2.45) is 0 Å². The molecule has 0 unspecified atom stereocenters. The zero-order valence-electron chi connectivity index (χ0n) is 23.2. The van der Waals surface area contributed by atoms with Gasteiger partial charge in [0.05, 0.1) is 24.3 Å². The minimum absolute atomic E-state index is 0.158. The maximum atomic E-state index is 13.7. The van der Waals surface area contributed by atoms with E-state index in [-0.39, 0.29) is 12.5 Å². The zero-order valence-corrected chi connectivity index (χ0v) is 23.2. The number of aryl methyl sites for hydroxylation is 1. The van der Waals surface area contributed by atoms with Gasteiger partial charge in [-0.05, 0) is 52.3 Å². The Kier molecular flexibility index (Phi) is 7.66. The van der Waals surface area contributed by atoms with Gasteiger partial charge in [-0.2, -0.15) is 0 Å². The number of hydrogen-bond donors (Lipinski definition) is 0. The number of carbonyl (C=O) groups excluding carboxylic acids is 2. The van der Waals surface area contributed by atoms with Gasteiger partial charge in [0.1, 0.15) is 29.3 Å². The van der Waals surface area contributed by atoms with Crippen LogP contribution in [0.2, 0.25) is 0 Å². The molecular weight excluding hydrogens is 484 g/mol. The summed E-state index contributed by atoms with van der Waals surface area (Å²) < 4.78 is 7.48. The first-order valence-corrected chi connectivity index (χ1v) is 12.9. The van der Waals surface area contributed by atoms with Gasteiger partial charge in [0, 0.05) is 32.7 Å². The average molecular weight is 521 g/mol. The van der Waals surface area contributed by atoms with Gasteiger partial charge in [0.25, 0.3) is 5.91 Å². The van der Waals surface area contributed by atoms with E-state index >= 15 is 0 Å². The highest BCUT2D eigenvalue weighted by atomic mass is 16.6. The van der Waals surface area contributed by atoms with Crippen molar-refractivity contribution in [2.75, 3.05) is 30.4 Å². The normalized spacial score (nSPS) is 13.0. The molecule has 0 spiro atoms. The van der Waals surface area contributed by atoms with Crippen LogP contribution in [-0.2, 0) is 24.4 Å². The van der Waals surface area contributed by atoms with Gasteiger partial charge in [-0.1, -0.05) is 13.0 Å². The number of amides is 2. The third-order valence-electron chi connectivity index (χ3n) is 6.27. The van der Waals surface area contributed by atoms with Crippen LogP contribution in [0, 0.1) is 0 Å². The summed E-state index contributed by atoms with van der Waals surface area (Å²) in [5.74, 6) is 1.69. The summed E-state index contributed by atoms with van der Waals surface area (Å²) in [5, 5.41) is 8.28. The Hall–Kier alpha value is -4.02. The molecule has 0 radical (unpaired) electrons. The van der Waals surface area contributed by atoms with Gasteiger partial charge >= 0.3 is 6.09 Å². The molecule has 0 saturated carbocycles. The van der Waals surface area contributed by atoms with E-state index in [2.05, 4.69) is 17.1 Å². The van der Waals surface area contributed by atoms with Crippen molar-refractivity contribution in [2.45, 2.75) is 66.3 Å². The van der Waals surface area contributed by atoms with Crippen LogP contribution in [0.1, 0.15) is 62.7 Å². The SMILES string of the molecule is CCCn1cnnc1-c1cccc(N2Cc3c(cc(N(C)CC)nc3CN(C)C(=O)OC(C)(C)C)C2=O)n1. The second-order valence-electron chi connectivity index (χ2n) is 10.4. The first kappa shape index (κ1) is 27.0. The lowest BCUT2D eigenvalue weighted by molar-refractivity contribution is 0.0282. The molecule has 0 saturated heterocycles. The third-order valence-corrected chi connectivity index (χ3v) is 6.27. The first-order chi connectivity index (χ1) is 18.0. The van der Waals surface area contributed by atoms with Crippen molar-refractivity contribution in [3.8, 4) is 11.5 Å². The van der Waals surface area contributed by atoms with E-state index in [0.29, 0.717) is 47.5 Å². The lowest BCUT2D eigenvalue weighted by Gasteiger charge is -2.25. The van der Waals surface area contributed by atoms with E-state index in [1.54, 1.807) is 18.3 Å². The molecule has 0 bridgehead atoms. The topological polar surface area (TPSA) is 110 Å². The summed E-state index contributed by atoms with van der Waals surface area (Å²) in [5.41, 5.74) is 2.02. The molecule has 11 nitrogen and oxygen atoms in total. The molecule has 0 aliphatic carbocycles. The van der Waals surface area contributed by atoms with E-state index in [4.69, 9.17) is 14.7 Å². The second-order valence-corrected chi connectivity index (χ2v) is 10.4. The largest absolute Gasteiger partial charge is 0.444 e. The summed E-state index contributed by atoms with van der Waals surface area (Å²) in [6.07, 6.45) is 2.18. The van der Waals surface area contributed by atoms with Gasteiger partial charge in [0.2, 0.25) is 0 Å². The van der Waals surface area contributed by atoms with Crippen LogP contribution in [0.4, 0.5) is 16.4 Å². The molecular formula is C27H36N8O3. The number of hydrogen-bond acceptors (Lipinski definition) is 8. The molecule has 1 aliphatic rings. The van der Waals surface area contributed by atoms with Crippen LogP contribution in [0.5, 0.6) is 0 Å². The minimum atomic E-state index is -0.615. The van der Waals surface area contributed by atoms with Crippen LogP contribution in [0.15, 0.2) is 30.6 Å². The van der Waals surface area contributed by atoms with Gasteiger partial charge in [0.15, 0.2) is 5.82 Å². The lowest BCUT2D eigenvalue weighted by Crippen LogP contribution is -2.34. The van der Waals surface area contributed by atoms with E-state index < -0.39 is 11.7 Å². The maximum Gasteiger partial charge on any atom is 0.410 e. The van der Waals surface area contributed by atoms with Crippen LogP contribution >= 0.6 is 0 Å². The van der Waals surface area contributed by atoms with E-state index in [9.17, 15) is 9.59 Å². The average Bonchev–Trinajstić information content (AvgIpc) is 3.47. The molecule has 0 fully saturated rings.